The molecule has 0 radical (unpaired) electrons. The lowest BCUT2D eigenvalue weighted by Crippen LogP contribution is -2.65. The van der Waals surface area contributed by atoms with Crippen molar-refractivity contribution in [3.05, 3.63) is 35.4 Å². The molecule has 6 nitrogen and oxygen atoms in total. The molecule has 3 saturated heterocycles. The van der Waals surface area contributed by atoms with Gasteiger partial charge in [0.1, 0.15) is 0 Å². The molecule has 2 bridgehead atoms. The number of hydrogen-bond acceptors (Lipinski definition) is 3. The highest BCUT2D eigenvalue weighted by atomic mass is 16.2. The molecule has 154 valence electrons. The average molecular weight is 396 g/mol. The molecule has 6 heteroatoms. The Kier molecular flexibility index (Phi) is 6.58. The van der Waals surface area contributed by atoms with Gasteiger partial charge in [-0.2, -0.15) is 0 Å². The third-order valence-electron chi connectivity index (χ3n) is 5.79. The van der Waals surface area contributed by atoms with Gasteiger partial charge in [0.05, 0.1) is 6.54 Å². The molecule has 3 aliphatic heterocycles. The van der Waals surface area contributed by atoms with Gasteiger partial charge in [0, 0.05) is 42.7 Å². The molecule has 2 atom stereocenters. The van der Waals surface area contributed by atoms with Crippen molar-refractivity contribution in [1.29, 1.82) is 0 Å². The van der Waals surface area contributed by atoms with Gasteiger partial charge in [-0.3, -0.25) is 14.4 Å². The molecule has 3 aliphatic rings. The number of hydrogen-bond donors (Lipinski definition) is 1. The highest BCUT2D eigenvalue weighted by Crippen LogP contribution is 2.30. The number of nitrogens with zero attached hydrogens (tertiary/aromatic N) is 2. The fraction of sp³-hybridized carbons (Fsp3) is 0.522. The summed E-state index contributed by atoms with van der Waals surface area (Å²) < 4.78 is 0. The molecular weight excluding hydrogens is 366 g/mol. The van der Waals surface area contributed by atoms with Crippen LogP contribution in [0.2, 0.25) is 0 Å². The maximum absolute atomic E-state index is 12.9. The summed E-state index contributed by atoms with van der Waals surface area (Å²) >= 11 is 0. The molecule has 3 heterocycles. The predicted molar refractivity (Wildman–Crippen MR) is 111 cm³/mol. The van der Waals surface area contributed by atoms with Crippen LogP contribution >= 0.6 is 0 Å². The number of amides is 3. The molecular formula is C23H29N3O3. The van der Waals surface area contributed by atoms with Gasteiger partial charge in [-0.15, -0.1) is 6.42 Å². The van der Waals surface area contributed by atoms with Crippen molar-refractivity contribution >= 4 is 17.7 Å². The van der Waals surface area contributed by atoms with E-state index in [-0.39, 0.29) is 36.3 Å². The Morgan fingerprint density at radius 2 is 1.72 bits per heavy atom. The lowest BCUT2D eigenvalue weighted by molar-refractivity contribution is -0.141. The Balaban J connectivity index is 1.55. The van der Waals surface area contributed by atoms with Crippen LogP contribution < -0.4 is 5.32 Å². The summed E-state index contributed by atoms with van der Waals surface area (Å²) in [6, 6.07) is 7.08. The van der Waals surface area contributed by atoms with Crippen molar-refractivity contribution in [3.8, 4) is 12.3 Å². The van der Waals surface area contributed by atoms with Crippen LogP contribution in [0.1, 0.15) is 55.5 Å². The quantitative estimate of drug-likeness (QED) is 0.750. The second kappa shape index (κ2) is 9.13. The first-order valence-electron chi connectivity index (χ1n) is 10.3. The molecule has 3 fully saturated rings. The lowest BCUT2D eigenvalue weighted by atomic mass is 9.90. The maximum Gasteiger partial charge on any atom is 0.254 e. The normalized spacial score (nSPS) is 20.5. The monoisotopic (exact) mass is 395 g/mol. The molecule has 1 N–H and O–H groups in total. The van der Waals surface area contributed by atoms with E-state index in [0.29, 0.717) is 31.0 Å². The summed E-state index contributed by atoms with van der Waals surface area (Å²) in [6.07, 6.45) is 8.41. The van der Waals surface area contributed by atoms with E-state index < -0.39 is 0 Å². The van der Waals surface area contributed by atoms with Crippen molar-refractivity contribution in [2.45, 2.75) is 51.6 Å². The van der Waals surface area contributed by atoms with Gasteiger partial charge in [0.2, 0.25) is 11.8 Å². The summed E-state index contributed by atoms with van der Waals surface area (Å²) in [6.45, 7) is 5.23. The van der Waals surface area contributed by atoms with Crippen LogP contribution in [0.5, 0.6) is 0 Å². The maximum atomic E-state index is 12.9. The zero-order valence-corrected chi connectivity index (χ0v) is 17.2. The minimum absolute atomic E-state index is 0.00833. The van der Waals surface area contributed by atoms with E-state index in [0.717, 1.165) is 24.8 Å². The second-order valence-electron chi connectivity index (χ2n) is 8.32. The number of nitrogens with one attached hydrogen (secondary N) is 1. The van der Waals surface area contributed by atoms with E-state index >= 15 is 0 Å². The van der Waals surface area contributed by atoms with Crippen molar-refractivity contribution in [2.24, 2.45) is 5.92 Å². The lowest BCUT2D eigenvalue weighted by Gasteiger charge is -2.51. The smallest absolute Gasteiger partial charge is 0.254 e. The average Bonchev–Trinajstić information content (AvgIpc) is 2.75. The third kappa shape index (κ3) is 4.97. The Hall–Kier alpha value is -2.81. The van der Waals surface area contributed by atoms with Gasteiger partial charge in [-0.05, 0) is 49.4 Å². The minimum atomic E-state index is -0.0820. The number of fused-ring (bicyclic) bond motifs is 3. The molecule has 29 heavy (non-hydrogen) atoms. The van der Waals surface area contributed by atoms with Crippen molar-refractivity contribution < 1.29 is 14.4 Å². The van der Waals surface area contributed by atoms with Gasteiger partial charge < -0.3 is 15.1 Å². The Bertz CT molecular complexity index is 810. The molecule has 3 amide bonds. The highest BCUT2D eigenvalue weighted by Gasteiger charge is 2.42. The van der Waals surface area contributed by atoms with Crippen molar-refractivity contribution in [1.82, 2.24) is 15.1 Å². The molecule has 0 spiro atoms. The van der Waals surface area contributed by atoms with Crippen LogP contribution in [0.15, 0.2) is 24.3 Å². The molecule has 1 aromatic carbocycles. The van der Waals surface area contributed by atoms with Gasteiger partial charge in [0.15, 0.2) is 0 Å². The van der Waals surface area contributed by atoms with Gasteiger partial charge in [-0.25, -0.2) is 0 Å². The Morgan fingerprint density at radius 3 is 2.28 bits per heavy atom. The second-order valence-corrected chi connectivity index (χ2v) is 8.32. The number of benzene rings is 1. The number of rotatable bonds is 6. The third-order valence-corrected chi connectivity index (χ3v) is 5.79. The number of carbonyl (C=O) groups is 3. The molecule has 0 aromatic heterocycles. The van der Waals surface area contributed by atoms with Crippen LogP contribution in [0, 0.1) is 18.3 Å². The fourth-order valence-electron chi connectivity index (χ4n) is 4.04. The van der Waals surface area contributed by atoms with E-state index in [4.69, 9.17) is 6.42 Å². The standard InChI is InChI=1S/C23H29N3O3/c1-4-17-6-8-18(9-7-17)23(29)26-15-19-10-11-20(26)14-25(19)22(28)13-24-21(27)12-5-16(2)3/h1,6-9,16,19-20H,5,10-15H2,2-3H3,(H,24,27). The van der Waals surface area contributed by atoms with Gasteiger partial charge in [-0.1, -0.05) is 19.8 Å². The van der Waals surface area contributed by atoms with Crippen molar-refractivity contribution in [2.75, 3.05) is 19.6 Å². The summed E-state index contributed by atoms with van der Waals surface area (Å²) in [5.74, 6) is 2.85. The highest BCUT2D eigenvalue weighted by molar-refractivity contribution is 5.95. The summed E-state index contributed by atoms with van der Waals surface area (Å²) in [7, 11) is 0. The molecule has 0 aliphatic carbocycles. The number of piperidine rings is 2. The minimum Gasteiger partial charge on any atom is -0.347 e. The van der Waals surface area contributed by atoms with Crippen molar-refractivity contribution in [3.63, 3.8) is 0 Å². The number of piperazine rings is 1. The summed E-state index contributed by atoms with van der Waals surface area (Å²) in [5.41, 5.74) is 1.36. The zero-order valence-electron chi connectivity index (χ0n) is 17.2. The van der Waals surface area contributed by atoms with Gasteiger partial charge in [0.25, 0.3) is 5.91 Å². The summed E-state index contributed by atoms with van der Waals surface area (Å²) in [5, 5.41) is 2.74. The van der Waals surface area contributed by atoms with Crippen LogP contribution in [0.25, 0.3) is 0 Å². The SMILES string of the molecule is C#Cc1ccc(C(=O)N2CC3CCC2CN3C(=O)CNC(=O)CCC(C)C)cc1. The number of carbonyl (C=O) groups excluding carboxylic acids is 3. The first-order valence-corrected chi connectivity index (χ1v) is 10.3. The Morgan fingerprint density at radius 1 is 1.10 bits per heavy atom. The predicted octanol–water partition coefficient (Wildman–Crippen LogP) is 2.04. The largest absolute Gasteiger partial charge is 0.347 e. The Labute approximate surface area is 172 Å². The van der Waals surface area contributed by atoms with E-state index in [1.807, 2.05) is 9.80 Å². The van der Waals surface area contributed by atoms with E-state index in [1.54, 1.807) is 24.3 Å². The fourth-order valence-corrected chi connectivity index (χ4v) is 4.04. The first-order chi connectivity index (χ1) is 13.9. The molecule has 2 unspecified atom stereocenters. The van der Waals surface area contributed by atoms with Crippen LogP contribution in [-0.2, 0) is 9.59 Å². The summed E-state index contributed by atoms with van der Waals surface area (Å²) in [4.78, 5) is 41.2. The van der Waals surface area contributed by atoms with E-state index in [9.17, 15) is 14.4 Å². The molecule has 4 rings (SSSR count). The first kappa shape index (κ1) is 20.9. The van der Waals surface area contributed by atoms with Crippen LogP contribution in [-0.4, -0.2) is 59.2 Å². The van der Waals surface area contributed by atoms with Crippen LogP contribution in [0.3, 0.4) is 0 Å². The number of terminal acetylenes is 1. The molecule has 1 aromatic rings. The molecule has 0 saturated carbocycles. The van der Waals surface area contributed by atoms with E-state index in [1.165, 1.54) is 0 Å². The van der Waals surface area contributed by atoms with Gasteiger partial charge >= 0.3 is 0 Å². The van der Waals surface area contributed by atoms with Crippen LogP contribution in [0.4, 0.5) is 0 Å². The van der Waals surface area contributed by atoms with E-state index in [2.05, 4.69) is 25.1 Å². The zero-order chi connectivity index (χ0) is 21.0. The topological polar surface area (TPSA) is 69.7 Å².